The predicted octanol–water partition coefficient (Wildman–Crippen LogP) is 2.25. The van der Waals surface area contributed by atoms with Crippen molar-refractivity contribution in [2.45, 2.75) is 70.6 Å². The van der Waals surface area contributed by atoms with Crippen LogP contribution in [0.25, 0.3) is 0 Å². The van der Waals surface area contributed by atoms with Crippen LogP contribution >= 0.6 is 12.4 Å². The molecule has 21 heavy (non-hydrogen) atoms. The van der Waals surface area contributed by atoms with E-state index in [2.05, 4.69) is 26.1 Å². The highest BCUT2D eigenvalue weighted by atomic mass is 35.5. The second-order valence-electron chi connectivity index (χ2n) is 7.68. The molecule has 3 fully saturated rings. The summed E-state index contributed by atoms with van der Waals surface area (Å²) in [6.45, 7) is 7.05. The number of hydrogen-bond donors (Lipinski definition) is 2. The van der Waals surface area contributed by atoms with Gasteiger partial charge in [0.2, 0.25) is 5.91 Å². The first-order valence-electron chi connectivity index (χ1n) is 8.09. The van der Waals surface area contributed by atoms with E-state index in [1.807, 2.05) is 0 Å². The van der Waals surface area contributed by atoms with Crippen molar-refractivity contribution in [3.8, 4) is 0 Å². The second kappa shape index (κ2) is 5.71. The van der Waals surface area contributed by atoms with Crippen LogP contribution in [0.2, 0.25) is 0 Å². The normalized spacial score (nSPS) is 38.5. The lowest BCUT2D eigenvalue weighted by molar-refractivity contribution is -0.225. The third kappa shape index (κ3) is 2.60. The average molecular weight is 317 g/mol. The molecule has 0 radical (unpaired) electrons. The zero-order valence-electron chi connectivity index (χ0n) is 13.4. The first kappa shape index (κ1) is 17.0. The fourth-order valence-corrected chi connectivity index (χ4v) is 4.29. The van der Waals surface area contributed by atoms with Crippen LogP contribution in [0.15, 0.2) is 0 Å². The Balaban J connectivity index is 0.00000161. The topological polar surface area (TPSA) is 64.4 Å². The summed E-state index contributed by atoms with van der Waals surface area (Å²) in [5.74, 6) is 1.03. The number of amides is 1. The predicted molar refractivity (Wildman–Crippen MR) is 85.4 cm³/mol. The van der Waals surface area contributed by atoms with Gasteiger partial charge in [-0.05, 0) is 32.1 Å². The van der Waals surface area contributed by atoms with Gasteiger partial charge in [-0.2, -0.15) is 0 Å². The monoisotopic (exact) mass is 316 g/mol. The van der Waals surface area contributed by atoms with Gasteiger partial charge in [-0.3, -0.25) is 4.79 Å². The molecule has 1 saturated heterocycles. The Bertz CT molecular complexity index is 411. The standard InChI is InChI=1S/C16H28N2O2.ClH/c1-10(9-11-6-7-11)18-14(19)16(17)12-5-4-8-20-13(12)15(16,2)3;/h10-13H,4-9,17H2,1-3H3,(H,18,19);1H. The summed E-state index contributed by atoms with van der Waals surface area (Å²) in [6, 6.07) is 0.231. The number of carbonyl (C=O) groups excluding carboxylic acids is 1. The van der Waals surface area contributed by atoms with Gasteiger partial charge in [0.05, 0.1) is 6.10 Å². The lowest BCUT2D eigenvalue weighted by Gasteiger charge is -2.65. The molecular weight excluding hydrogens is 288 g/mol. The Labute approximate surface area is 134 Å². The summed E-state index contributed by atoms with van der Waals surface area (Å²) in [7, 11) is 0. The van der Waals surface area contributed by atoms with Crippen molar-refractivity contribution in [1.82, 2.24) is 5.32 Å². The van der Waals surface area contributed by atoms with E-state index in [-0.39, 0.29) is 41.8 Å². The largest absolute Gasteiger partial charge is 0.377 e. The maximum atomic E-state index is 12.7. The Kier molecular flexibility index (Phi) is 4.63. The first-order valence-corrected chi connectivity index (χ1v) is 8.09. The van der Waals surface area contributed by atoms with E-state index in [4.69, 9.17) is 10.5 Å². The molecule has 5 heteroatoms. The number of hydrogen-bond acceptors (Lipinski definition) is 3. The zero-order valence-corrected chi connectivity index (χ0v) is 14.2. The van der Waals surface area contributed by atoms with Gasteiger partial charge in [0.1, 0.15) is 5.54 Å². The maximum absolute atomic E-state index is 12.7. The minimum atomic E-state index is -0.768. The molecule has 0 aromatic heterocycles. The lowest BCUT2D eigenvalue weighted by atomic mass is 9.46. The van der Waals surface area contributed by atoms with Crippen molar-refractivity contribution in [3.63, 3.8) is 0 Å². The van der Waals surface area contributed by atoms with Crippen molar-refractivity contribution in [3.05, 3.63) is 0 Å². The average Bonchev–Trinajstić information content (AvgIpc) is 3.21. The fraction of sp³-hybridized carbons (Fsp3) is 0.938. The van der Waals surface area contributed by atoms with E-state index < -0.39 is 5.54 Å². The molecule has 3 N–H and O–H groups in total. The Morgan fingerprint density at radius 2 is 2.05 bits per heavy atom. The summed E-state index contributed by atoms with van der Waals surface area (Å²) in [4.78, 5) is 12.7. The van der Waals surface area contributed by atoms with Crippen LogP contribution in [0, 0.1) is 17.3 Å². The van der Waals surface area contributed by atoms with E-state index in [1.54, 1.807) is 0 Å². The number of carbonyl (C=O) groups is 1. The molecule has 1 heterocycles. The van der Waals surface area contributed by atoms with Crippen LogP contribution in [0.4, 0.5) is 0 Å². The van der Waals surface area contributed by atoms with Crippen LogP contribution in [-0.2, 0) is 9.53 Å². The molecule has 0 bridgehead atoms. The molecule has 0 aromatic carbocycles. The molecule has 2 aliphatic carbocycles. The van der Waals surface area contributed by atoms with Crippen LogP contribution in [0.5, 0.6) is 0 Å². The molecule has 3 rings (SSSR count). The molecule has 122 valence electrons. The van der Waals surface area contributed by atoms with Gasteiger partial charge < -0.3 is 15.8 Å². The van der Waals surface area contributed by atoms with E-state index in [1.165, 1.54) is 12.8 Å². The van der Waals surface area contributed by atoms with Crippen molar-refractivity contribution in [2.24, 2.45) is 23.0 Å². The fourth-order valence-electron chi connectivity index (χ4n) is 4.29. The van der Waals surface area contributed by atoms with Crippen LogP contribution in [-0.4, -0.2) is 30.2 Å². The molecule has 1 amide bonds. The van der Waals surface area contributed by atoms with Gasteiger partial charge in [0, 0.05) is 24.0 Å². The smallest absolute Gasteiger partial charge is 0.241 e. The van der Waals surface area contributed by atoms with E-state index in [0.717, 1.165) is 31.8 Å². The summed E-state index contributed by atoms with van der Waals surface area (Å²) in [5.41, 5.74) is 5.54. The van der Waals surface area contributed by atoms with E-state index in [9.17, 15) is 4.79 Å². The first-order chi connectivity index (χ1) is 9.37. The van der Waals surface area contributed by atoms with Crippen molar-refractivity contribution < 1.29 is 9.53 Å². The zero-order chi connectivity index (χ0) is 14.5. The Hall–Kier alpha value is -0.320. The molecule has 0 aromatic rings. The summed E-state index contributed by atoms with van der Waals surface area (Å²) in [5, 5.41) is 3.16. The number of fused-ring (bicyclic) bond motifs is 1. The molecule has 0 spiro atoms. The van der Waals surface area contributed by atoms with Crippen molar-refractivity contribution >= 4 is 18.3 Å². The van der Waals surface area contributed by atoms with Gasteiger partial charge >= 0.3 is 0 Å². The molecule has 3 aliphatic rings. The van der Waals surface area contributed by atoms with Crippen LogP contribution < -0.4 is 11.1 Å². The highest BCUT2D eigenvalue weighted by molar-refractivity contribution is 5.89. The molecular formula is C16H29ClN2O2. The highest BCUT2D eigenvalue weighted by Gasteiger charge is 2.70. The minimum absolute atomic E-state index is 0. The number of ether oxygens (including phenoxy) is 1. The van der Waals surface area contributed by atoms with Crippen molar-refractivity contribution in [2.75, 3.05) is 6.61 Å². The molecule has 4 nitrogen and oxygen atoms in total. The highest BCUT2D eigenvalue weighted by Crippen LogP contribution is 2.57. The quantitative estimate of drug-likeness (QED) is 0.836. The number of halogens is 1. The molecule has 4 unspecified atom stereocenters. The number of nitrogens with two attached hydrogens (primary N) is 1. The van der Waals surface area contributed by atoms with Gasteiger partial charge in [-0.15, -0.1) is 12.4 Å². The maximum Gasteiger partial charge on any atom is 0.241 e. The third-order valence-corrected chi connectivity index (χ3v) is 5.82. The summed E-state index contributed by atoms with van der Waals surface area (Å²) in [6.07, 6.45) is 5.89. The molecule has 4 atom stereocenters. The van der Waals surface area contributed by atoms with Crippen molar-refractivity contribution in [1.29, 1.82) is 0 Å². The van der Waals surface area contributed by atoms with E-state index in [0.29, 0.717) is 0 Å². The SMILES string of the molecule is CC(CC1CC1)NC(=O)C1(N)C2CCCOC2C1(C)C.Cl. The van der Waals surface area contributed by atoms with Gasteiger partial charge in [0.15, 0.2) is 0 Å². The third-order valence-electron chi connectivity index (χ3n) is 5.82. The van der Waals surface area contributed by atoms with Gasteiger partial charge in [-0.1, -0.05) is 26.7 Å². The lowest BCUT2D eigenvalue weighted by Crippen LogP contribution is -2.82. The second-order valence-corrected chi connectivity index (χ2v) is 7.68. The van der Waals surface area contributed by atoms with Gasteiger partial charge in [-0.25, -0.2) is 0 Å². The summed E-state index contributed by atoms with van der Waals surface area (Å²) >= 11 is 0. The summed E-state index contributed by atoms with van der Waals surface area (Å²) < 4.78 is 5.86. The number of rotatable bonds is 4. The number of nitrogens with one attached hydrogen (secondary N) is 1. The van der Waals surface area contributed by atoms with Gasteiger partial charge in [0.25, 0.3) is 0 Å². The molecule has 1 aliphatic heterocycles. The Morgan fingerprint density at radius 3 is 2.67 bits per heavy atom. The molecule has 2 saturated carbocycles. The van der Waals surface area contributed by atoms with Crippen LogP contribution in [0.3, 0.4) is 0 Å². The van der Waals surface area contributed by atoms with Crippen LogP contribution in [0.1, 0.15) is 52.9 Å². The minimum Gasteiger partial charge on any atom is -0.377 e. The Morgan fingerprint density at radius 1 is 1.38 bits per heavy atom. The van der Waals surface area contributed by atoms with E-state index >= 15 is 0 Å².